The van der Waals surface area contributed by atoms with Gasteiger partial charge >= 0.3 is 5.97 Å². The molecule has 0 atom stereocenters. The maximum atomic E-state index is 11.5. The Kier molecular flexibility index (Phi) is 4.97. The van der Waals surface area contributed by atoms with Gasteiger partial charge in [0.25, 0.3) is 5.91 Å². The lowest BCUT2D eigenvalue weighted by molar-refractivity contribution is -0.124. The van der Waals surface area contributed by atoms with Crippen molar-refractivity contribution in [1.29, 1.82) is 0 Å². The molecule has 1 amide bonds. The van der Waals surface area contributed by atoms with Crippen LogP contribution in [-0.2, 0) is 9.53 Å². The number of benzene rings is 1. The fourth-order valence-electron chi connectivity index (χ4n) is 1.16. The standard InChI is InChI=1S/C12H14ClNO3/c1-8(2)14-11(15)7-17-12(16)9-3-5-10(13)6-4-9/h3-6,8H,7H2,1-2H3,(H,14,15). The van der Waals surface area contributed by atoms with Crippen LogP contribution in [0.1, 0.15) is 24.2 Å². The summed E-state index contributed by atoms with van der Waals surface area (Å²) in [6.07, 6.45) is 0. The van der Waals surface area contributed by atoms with Crippen molar-refractivity contribution in [3.8, 4) is 0 Å². The van der Waals surface area contributed by atoms with Crippen molar-refractivity contribution in [2.45, 2.75) is 19.9 Å². The third kappa shape index (κ3) is 4.87. The molecule has 1 N–H and O–H groups in total. The summed E-state index contributed by atoms with van der Waals surface area (Å²) in [5, 5.41) is 3.16. The summed E-state index contributed by atoms with van der Waals surface area (Å²) in [5.41, 5.74) is 0.367. The Morgan fingerprint density at radius 1 is 1.29 bits per heavy atom. The largest absolute Gasteiger partial charge is 0.452 e. The topological polar surface area (TPSA) is 55.4 Å². The highest BCUT2D eigenvalue weighted by Crippen LogP contribution is 2.10. The molecule has 92 valence electrons. The van der Waals surface area contributed by atoms with Gasteiger partial charge in [0.05, 0.1) is 5.56 Å². The van der Waals surface area contributed by atoms with Gasteiger partial charge in [-0.3, -0.25) is 4.79 Å². The zero-order valence-corrected chi connectivity index (χ0v) is 10.5. The van der Waals surface area contributed by atoms with Crippen LogP contribution in [-0.4, -0.2) is 24.5 Å². The van der Waals surface area contributed by atoms with E-state index >= 15 is 0 Å². The van der Waals surface area contributed by atoms with Gasteiger partial charge in [-0.2, -0.15) is 0 Å². The fraction of sp³-hybridized carbons (Fsp3) is 0.333. The number of esters is 1. The quantitative estimate of drug-likeness (QED) is 0.838. The molecule has 0 aliphatic heterocycles. The smallest absolute Gasteiger partial charge is 0.338 e. The van der Waals surface area contributed by atoms with Gasteiger partial charge in [-0.15, -0.1) is 0 Å². The number of hydrogen-bond donors (Lipinski definition) is 1. The first kappa shape index (κ1) is 13.5. The highest BCUT2D eigenvalue weighted by Gasteiger charge is 2.10. The van der Waals surface area contributed by atoms with Crippen LogP contribution in [0.15, 0.2) is 24.3 Å². The van der Waals surface area contributed by atoms with Crippen molar-refractivity contribution in [2.24, 2.45) is 0 Å². The average Bonchev–Trinajstić information content (AvgIpc) is 2.26. The SMILES string of the molecule is CC(C)NC(=O)COC(=O)c1ccc(Cl)cc1. The second-order valence-corrected chi connectivity index (χ2v) is 4.24. The first-order chi connectivity index (χ1) is 7.99. The second-order valence-electron chi connectivity index (χ2n) is 3.81. The van der Waals surface area contributed by atoms with Gasteiger partial charge < -0.3 is 10.1 Å². The summed E-state index contributed by atoms with van der Waals surface area (Å²) in [4.78, 5) is 22.7. The molecule has 1 rings (SSSR count). The number of carbonyl (C=O) groups is 2. The summed E-state index contributed by atoms with van der Waals surface area (Å²) in [7, 11) is 0. The van der Waals surface area contributed by atoms with E-state index in [1.54, 1.807) is 24.3 Å². The Morgan fingerprint density at radius 2 is 1.88 bits per heavy atom. The highest BCUT2D eigenvalue weighted by atomic mass is 35.5. The van der Waals surface area contributed by atoms with E-state index in [0.717, 1.165) is 0 Å². The molecule has 0 aliphatic rings. The lowest BCUT2D eigenvalue weighted by atomic mass is 10.2. The van der Waals surface area contributed by atoms with Gasteiger partial charge in [0.15, 0.2) is 6.61 Å². The van der Waals surface area contributed by atoms with E-state index in [1.165, 1.54) is 0 Å². The third-order valence-corrected chi connectivity index (χ3v) is 2.12. The summed E-state index contributed by atoms with van der Waals surface area (Å²) in [6, 6.07) is 6.30. The molecule has 5 heteroatoms. The van der Waals surface area contributed by atoms with Gasteiger partial charge in [-0.1, -0.05) is 11.6 Å². The Hall–Kier alpha value is -1.55. The van der Waals surface area contributed by atoms with E-state index in [1.807, 2.05) is 13.8 Å². The van der Waals surface area contributed by atoms with Gasteiger partial charge in [0.2, 0.25) is 0 Å². The third-order valence-electron chi connectivity index (χ3n) is 1.86. The van der Waals surface area contributed by atoms with E-state index in [2.05, 4.69) is 5.32 Å². The minimum absolute atomic E-state index is 0.0248. The Morgan fingerprint density at radius 3 is 2.41 bits per heavy atom. The summed E-state index contributed by atoms with van der Waals surface area (Å²) < 4.78 is 4.84. The van der Waals surface area contributed by atoms with Crippen LogP contribution in [0, 0.1) is 0 Å². The fourth-order valence-corrected chi connectivity index (χ4v) is 1.29. The molecule has 0 fully saturated rings. The number of ether oxygens (including phenoxy) is 1. The Labute approximate surface area is 105 Å². The molecule has 1 aromatic rings. The highest BCUT2D eigenvalue weighted by molar-refractivity contribution is 6.30. The molecule has 4 nitrogen and oxygen atoms in total. The van der Waals surface area contributed by atoms with E-state index in [-0.39, 0.29) is 18.6 Å². The summed E-state index contributed by atoms with van der Waals surface area (Å²) in [5.74, 6) is -0.858. The van der Waals surface area contributed by atoms with Crippen molar-refractivity contribution < 1.29 is 14.3 Å². The lowest BCUT2D eigenvalue weighted by Crippen LogP contribution is -2.33. The molecule has 0 saturated heterocycles. The number of amides is 1. The summed E-state index contributed by atoms with van der Waals surface area (Å²) in [6.45, 7) is 3.39. The average molecular weight is 256 g/mol. The number of nitrogens with one attached hydrogen (secondary N) is 1. The van der Waals surface area contributed by atoms with Crippen molar-refractivity contribution in [2.75, 3.05) is 6.61 Å². The van der Waals surface area contributed by atoms with Gasteiger partial charge in [0.1, 0.15) is 0 Å². The van der Waals surface area contributed by atoms with Crippen molar-refractivity contribution in [1.82, 2.24) is 5.32 Å². The molecule has 0 unspecified atom stereocenters. The molecule has 0 aromatic heterocycles. The van der Waals surface area contributed by atoms with Gasteiger partial charge in [-0.05, 0) is 38.1 Å². The predicted octanol–water partition coefficient (Wildman–Crippen LogP) is 2.02. The number of halogens is 1. The normalized spacial score (nSPS) is 10.1. The number of hydrogen-bond acceptors (Lipinski definition) is 3. The molecule has 0 bridgehead atoms. The molecular weight excluding hydrogens is 242 g/mol. The maximum Gasteiger partial charge on any atom is 0.338 e. The Bertz CT molecular complexity index is 401. The van der Waals surface area contributed by atoms with Crippen LogP contribution >= 0.6 is 11.6 Å². The van der Waals surface area contributed by atoms with Crippen LogP contribution < -0.4 is 5.32 Å². The van der Waals surface area contributed by atoms with Crippen LogP contribution in [0.4, 0.5) is 0 Å². The van der Waals surface area contributed by atoms with Crippen LogP contribution in [0.5, 0.6) is 0 Å². The molecule has 0 heterocycles. The van der Waals surface area contributed by atoms with Crippen molar-refractivity contribution in [3.05, 3.63) is 34.9 Å². The lowest BCUT2D eigenvalue weighted by Gasteiger charge is -2.08. The van der Waals surface area contributed by atoms with Gasteiger partial charge in [-0.25, -0.2) is 4.79 Å². The van der Waals surface area contributed by atoms with E-state index in [0.29, 0.717) is 10.6 Å². The molecule has 0 spiro atoms. The molecule has 0 aliphatic carbocycles. The molecule has 0 radical (unpaired) electrons. The van der Waals surface area contributed by atoms with Gasteiger partial charge in [0, 0.05) is 11.1 Å². The van der Waals surface area contributed by atoms with Crippen LogP contribution in [0.3, 0.4) is 0 Å². The zero-order chi connectivity index (χ0) is 12.8. The van der Waals surface area contributed by atoms with Crippen LogP contribution in [0.2, 0.25) is 5.02 Å². The monoisotopic (exact) mass is 255 g/mol. The minimum Gasteiger partial charge on any atom is -0.452 e. The van der Waals surface area contributed by atoms with E-state index in [9.17, 15) is 9.59 Å². The minimum atomic E-state index is -0.541. The zero-order valence-electron chi connectivity index (χ0n) is 9.70. The molecule has 1 aromatic carbocycles. The van der Waals surface area contributed by atoms with Crippen LogP contribution in [0.25, 0.3) is 0 Å². The number of rotatable bonds is 4. The molecular formula is C12H14ClNO3. The first-order valence-electron chi connectivity index (χ1n) is 5.21. The molecule has 0 saturated carbocycles. The first-order valence-corrected chi connectivity index (χ1v) is 5.59. The predicted molar refractivity (Wildman–Crippen MR) is 65.0 cm³/mol. The molecule has 17 heavy (non-hydrogen) atoms. The summed E-state index contributed by atoms with van der Waals surface area (Å²) >= 11 is 5.68. The van der Waals surface area contributed by atoms with Crippen molar-refractivity contribution in [3.63, 3.8) is 0 Å². The number of carbonyl (C=O) groups excluding carboxylic acids is 2. The second kappa shape index (κ2) is 6.25. The Balaban J connectivity index is 2.45. The van der Waals surface area contributed by atoms with E-state index in [4.69, 9.17) is 16.3 Å². The van der Waals surface area contributed by atoms with Crippen molar-refractivity contribution >= 4 is 23.5 Å². The maximum absolute atomic E-state index is 11.5. The van der Waals surface area contributed by atoms with E-state index < -0.39 is 5.97 Å².